The molecule has 0 atom stereocenters. The zero-order chi connectivity index (χ0) is 21.1. The third-order valence-corrected chi connectivity index (χ3v) is 5.94. The molecule has 0 saturated carbocycles. The van der Waals surface area contributed by atoms with Gasteiger partial charge in [-0.3, -0.25) is 4.79 Å². The van der Waals surface area contributed by atoms with Crippen LogP contribution in [-0.4, -0.2) is 44.0 Å². The number of rotatable bonds is 6. The summed E-state index contributed by atoms with van der Waals surface area (Å²) in [4.78, 5) is 19.3. The lowest BCUT2D eigenvalue weighted by Gasteiger charge is -2.19. The Morgan fingerprint density at radius 3 is 2.47 bits per heavy atom. The van der Waals surface area contributed by atoms with E-state index in [1.54, 1.807) is 0 Å². The summed E-state index contributed by atoms with van der Waals surface area (Å²) in [5.41, 5.74) is 3.84. The summed E-state index contributed by atoms with van der Waals surface area (Å²) in [5.74, 6) is 1.73. The van der Waals surface area contributed by atoms with Crippen LogP contribution in [0.15, 0.2) is 47.5 Å². The Bertz CT molecular complexity index is 1070. The van der Waals surface area contributed by atoms with Crippen LogP contribution in [0.2, 0.25) is 0 Å². The maximum Gasteiger partial charge on any atom is 0.234 e. The average molecular weight is 424 g/mol. The lowest BCUT2D eigenvalue weighted by molar-refractivity contribution is -0.113. The highest BCUT2D eigenvalue weighted by atomic mass is 32.2. The van der Waals surface area contributed by atoms with Gasteiger partial charge in [0.15, 0.2) is 11.5 Å². The summed E-state index contributed by atoms with van der Waals surface area (Å²) in [6.45, 7) is 3.20. The molecule has 1 aliphatic heterocycles. The van der Waals surface area contributed by atoms with E-state index in [1.165, 1.54) is 11.8 Å². The molecule has 30 heavy (non-hydrogen) atoms. The van der Waals surface area contributed by atoms with Gasteiger partial charge >= 0.3 is 0 Å². The number of nitrogens with one attached hydrogen (secondary N) is 1. The van der Waals surface area contributed by atoms with Crippen molar-refractivity contribution in [2.45, 2.75) is 18.4 Å². The van der Waals surface area contributed by atoms with E-state index in [0.717, 1.165) is 50.8 Å². The van der Waals surface area contributed by atoms with E-state index in [9.17, 15) is 4.79 Å². The van der Waals surface area contributed by atoms with E-state index in [1.807, 2.05) is 55.4 Å². The largest absolute Gasteiger partial charge is 0.486 e. The number of pyridine rings is 1. The van der Waals surface area contributed by atoms with Crippen molar-refractivity contribution >= 4 is 39.9 Å². The van der Waals surface area contributed by atoms with Gasteiger partial charge in [0, 0.05) is 36.9 Å². The SMILES string of the molecule is CCc1cc2cc3c(cc2nc1SCC(=O)Nc1ccc(N(C)C)cc1)OCCO3. The molecule has 3 aromatic rings. The molecular weight excluding hydrogens is 398 g/mol. The van der Waals surface area contributed by atoms with Gasteiger partial charge in [0.05, 0.1) is 11.3 Å². The van der Waals surface area contributed by atoms with Crippen LogP contribution >= 0.6 is 11.8 Å². The summed E-state index contributed by atoms with van der Waals surface area (Å²) in [6.07, 6.45) is 0.841. The number of benzene rings is 2. The molecule has 0 fully saturated rings. The molecule has 2 heterocycles. The molecule has 1 amide bonds. The Balaban J connectivity index is 1.47. The molecule has 0 unspecified atom stereocenters. The quantitative estimate of drug-likeness (QED) is 0.594. The highest BCUT2D eigenvalue weighted by molar-refractivity contribution is 8.00. The Hall–Kier alpha value is -2.93. The first-order valence-corrected chi connectivity index (χ1v) is 11.0. The van der Waals surface area contributed by atoms with Crippen molar-refractivity contribution in [1.29, 1.82) is 0 Å². The number of fused-ring (bicyclic) bond motifs is 2. The first-order valence-electron chi connectivity index (χ1n) is 9.97. The minimum atomic E-state index is -0.0521. The predicted octanol–water partition coefficient (Wildman–Crippen LogP) is 4.37. The number of hydrogen-bond donors (Lipinski definition) is 1. The van der Waals surface area contributed by atoms with Crippen LogP contribution in [0.1, 0.15) is 12.5 Å². The maximum atomic E-state index is 12.5. The fourth-order valence-electron chi connectivity index (χ4n) is 3.29. The topological polar surface area (TPSA) is 63.7 Å². The lowest BCUT2D eigenvalue weighted by Crippen LogP contribution is -2.15. The number of carbonyl (C=O) groups excluding carboxylic acids is 1. The number of hydrogen-bond acceptors (Lipinski definition) is 6. The normalized spacial score (nSPS) is 12.6. The molecule has 156 valence electrons. The van der Waals surface area contributed by atoms with Crippen molar-refractivity contribution < 1.29 is 14.3 Å². The number of nitrogens with zero attached hydrogens (tertiary/aromatic N) is 2. The highest BCUT2D eigenvalue weighted by Gasteiger charge is 2.16. The second-order valence-corrected chi connectivity index (χ2v) is 8.24. The molecule has 2 aromatic carbocycles. The van der Waals surface area contributed by atoms with Gasteiger partial charge in [-0.25, -0.2) is 4.98 Å². The van der Waals surface area contributed by atoms with E-state index in [4.69, 9.17) is 14.5 Å². The summed E-state index contributed by atoms with van der Waals surface area (Å²) in [5, 5.41) is 4.85. The zero-order valence-corrected chi connectivity index (χ0v) is 18.2. The van der Waals surface area contributed by atoms with Gasteiger partial charge < -0.3 is 19.7 Å². The molecule has 0 spiro atoms. The van der Waals surface area contributed by atoms with E-state index < -0.39 is 0 Å². The number of amides is 1. The molecule has 0 saturated heterocycles. The summed E-state index contributed by atoms with van der Waals surface area (Å²) >= 11 is 1.46. The van der Waals surface area contributed by atoms with Crippen molar-refractivity contribution in [3.8, 4) is 11.5 Å². The number of ether oxygens (including phenoxy) is 2. The van der Waals surface area contributed by atoms with E-state index >= 15 is 0 Å². The Morgan fingerprint density at radius 1 is 1.10 bits per heavy atom. The zero-order valence-electron chi connectivity index (χ0n) is 17.4. The number of aromatic nitrogens is 1. The number of thioether (sulfide) groups is 1. The molecule has 0 bridgehead atoms. The van der Waals surface area contributed by atoms with Crippen molar-refractivity contribution in [2.24, 2.45) is 0 Å². The summed E-state index contributed by atoms with van der Waals surface area (Å²) < 4.78 is 11.4. The molecule has 7 heteroatoms. The fourth-order valence-corrected chi connectivity index (χ4v) is 4.18. The first kappa shape index (κ1) is 20.3. The third-order valence-electron chi connectivity index (χ3n) is 4.91. The molecule has 0 radical (unpaired) electrons. The summed E-state index contributed by atoms with van der Waals surface area (Å²) in [7, 11) is 3.97. The van der Waals surface area contributed by atoms with Gasteiger partial charge in [0.25, 0.3) is 0 Å². The fraction of sp³-hybridized carbons (Fsp3) is 0.304. The van der Waals surface area contributed by atoms with E-state index in [2.05, 4.69) is 18.3 Å². The second kappa shape index (κ2) is 8.83. The molecule has 6 nitrogen and oxygen atoms in total. The maximum absolute atomic E-state index is 12.5. The Morgan fingerprint density at radius 2 is 1.80 bits per heavy atom. The van der Waals surface area contributed by atoms with E-state index in [-0.39, 0.29) is 5.91 Å². The highest BCUT2D eigenvalue weighted by Crippen LogP contribution is 2.36. The van der Waals surface area contributed by atoms with Gasteiger partial charge in [-0.05, 0) is 48.4 Å². The number of aryl methyl sites for hydroxylation is 1. The van der Waals surface area contributed by atoms with Crippen molar-refractivity contribution in [3.63, 3.8) is 0 Å². The van der Waals surface area contributed by atoms with Crippen LogP contribution in [0.25, 0.3) is 10.9 Å². The first-order chi connectivity index (χ1) is 14.5. The Labute approximate surface area is 180 Å². The van der Waals surface area contributed by atoms with Crippen LogP contribution in [-0.2, 0) is 11.2 Å². The van der Waals surface area contributed by atoms with Crippen molar-refractivity contribution in [3.05, 3.63) is 48.0 Å². The van der Waals surface area contributed by atoms with Crippen LogP contribution in [0.3, 0.4) is 0 Å². The van der Waals surface area contributed by atoms with Crippen LogP contribution in [0.4, 0.5) is 11.4 Å². The average Bonchev–Trinajstić information content (AvgIpc) is 2.76. The van der Waals surface area contributed by atoms with Gasteiger partial charge in [-0.1, -0.05) is 18.7 Å². The van der Waals surface area contributed by atoms with Gasteiger partial charge in [0.2, 0.25) is 5.91 Å². The molecule has 1 aliphatic rings. The lowest BCUT2D eigenvalue weighted by atomic mass is 10.1. The molecule has 1 aromatic heterocycles. The van der Waals surface area contributed by atoms with Crippen LogP contribution in [0.5, 0.6) is 11.5 Å². The predicted molar refractivity (Wildman–Crippen MR) is 122 cm³/mol. The summed E-state index contributed by atoms with van der Waals surface area (Å²) in [6, 6.07) is 13.8. The van der Waals surface area contributed by atoms with Gasteiger partial charge in [-0.2, -0.15) is 0 Å². The minimum Gasteiger partial charge on any atom is -0.486 e. The van der Waals surface area contributed by atoms with Gasteiger partial charge in [-0.15, -0.1) is 0 Å². The van der Waals surface area contributed by atoms with Gasteiger partial charge in [0.1, 0.15) is 18.2 Å². The standard InChI is InChI=1S/C23H25N3O3S/c1-4-15-11-16-12-20-21(29-10-9-28-20)13-19(16)25-23(15)30-14-22(27)24-17-5-7-18(8-6-17)26(2)3/h5-8,11-13H,4,9-10,14H2,1-3H3,(H,24,27). The van der Waals surface area contributed by atoms with Crippen molar-refractivity contribution in [1.82, 2.24) is 4.98 Å². The third kappa shape index (κ3) is 4.46. The van der Waals surface area contributed by atoms with Crippen LogP contribution in [0, 0.1) is 0 Å². The second-order valence-electron chi connectivity index (χ2n) is 7.27. The number of anilines is 2. The van der Waals surface area contributed by atoms with Crippen LogP contribution < -0.4 is 19.7 Å². The van der Waals surface area contributed by atoms with E-state index in [0.29, 0.717) is 19.0 Å². The van der Waals surface area contributed by atoms with Crippen molar-refractivity contribution in [2.75, 3.05) is 43.3 Å². The molecular formula is C23H25N3O3S. The Kier molecular flexibility index (Phi) is 5.99. The molecule has 1 N–H and O–H groups in total. The minimum absolute atomic E-state index is 0.0521. The smallest absolute Gasteiger partial charge is 0.234 e. The molecule has 4 rings (SSSR count). The monoisotopic (exact) mass is 423 g/mol. The molecule has 0 aliphatic carbocycles. The number of carbonyl (C=O) groups is 1.